The maximum absolute atomic E-state index is 14.0. The van der Waals surface area contributed by atoms with Crippen molar-refractivity contribution in [1.29, 1.82) is 0 Å². The fraction of sp³-hybridized carbons (Fsp3) is 0.258. The van der Waals surface area contributed by atoms with E-state index in [-0.39, 0.29) is 56.5 Å². The van der Waals surface area contributed by atoms with Crippen LogP contribution >= 0.6 is 0 Å². The average molecular weight is 585 g/mol. The molecule has 43 heavy (non-hydrogen) atoms. The van der Waals surface area contributed by atoms with Gasteiger partial charge in [0, 0.05) is 31.1 Å². The number of benzene rings is 3. The number of rotatable bonds is 9. The second-order valence-electron chi connectivity index (χ2n) is 10.4. The highest BCUT2D eigenvalue weighted by Gasteiger charge is 2.51. The highest BCUT2D eigenvalue weighted by atomic mass is 16.6. The molecule has 0 radical (unpaired) electrons. The normalized spacial score (nSPS) is 18.7. The fourth-order valence-electron chi connectivity index (χ4n) is 5.58. The monoisotopic (exact) mass is 584 g/mol. The van der Waals surface area contributed by atoms with Crippen LogP contribution in [-0.2, 0) is 29.1 Å². The van der Waals surface area contributed by atoms with Crippen LogP contribution in [0.3, 0.4) is 0 Å². The summed E-state index contributed by atoms with van der Waals surface area (Å²) in [6.45, 7) is 3.94. The van der Waals surface area contributed by atoms with E-state index in [4.69, 9.17) is 0 Å². The number of nitrogens with zero attached hydrogens (tertiary/aromatic N) is 5. The van der Waals surface area contributed by atoms with Gasteiger partial charge in [0.25, 0.3) is 5.69 Å². The van der Waals surface area contributed by atoms with Crippen LogP contribution in [-0.4, -0.2) is 79.5 Å². The third-order valence-electron chi connectivity index (χ3n) is 7.58. The van der Waals surface area contributed by atoms with Crippen LogP contribution < -0.4 is 5.32 Å². The number of para-hydroxylation sites is 1. The van der Waals surface area contributed by atoms with Crippen molar-refractivity contribution in [2.45, 2.75) is 31.7 Å². The van der Waals surface area contributed by atoms with Crippen molar-refractivity contribution in [3.05, 3.63) is 118 Å². The summed E-state index contributed by atoms with van der Waals surface area (Å²) >= 11 is 0. The fourth-order valence-corrected chi connectivity index (χ4v) is 5.58. The largest absolute Gasteiger partial charge is 0.508 e. The van der Waals surface area contributed by atoms with E-state index in [1.54, 1.807) is 41.4 Å². The molecular formula is C31H32N6O6. The Morgan fingerprint density at radius 3 is 2.42 bits per heavy atom. The molecule has 5 rings (SSSR count). The summed E-state index contributed by atoms with van der Waals surface area (Å²) in [5.41, 5.74) is 1.79. The molecule has 3 aromatic rings. The lowest BCUT2D eigenvalue weighted by Crippen LogP contribution is -2.76. The number of nitro benzene ring substituents is 1. The molecule has 2 N–H and O–H groups in total. The number of amides is 4. The molecule has 12 nitrogen and oxygen atoms in total. The number of urea groups is 1. The van der Waals surface area contributed by atoms with E-state index >= 15 is 0 Å². The van der Waals surface area contributed by atoms with E-state index in [0.29, 0.717) is 11.1 Å². The molecule has 3 aromatic carbocycles. The quantitative estimate of drug-likeness (QED) is 0.224. The van der Waals surface area contributed by atoms with Gasteiger partial charge in [-0.2, -0.15) is 0 Å². The maximum atomic E-state index is 14.0. The van der Waals surface area contributed by atoms with Crippen LogP contribution in [0.25, 0.3) is 0 Å². The first-order chi connectivity index (χ1) is 20.8. The summed E-state index contributed by atoms with van der Waals surface area (Å²) < 4.78 is 0. The Hall–Kier alpha value is -5.23. The number of phenolic OH excluding ortho intramolecular Hbond substituents is 1. The third-order valence-corrected chi connectivity index (χ3v) is 7.58. The molecule has 0 spiro atoms. The van der Waals surface area contributed by atoms with Crippen LogP contribution in [0.15, 0.2) is 91.5 Å². The summed E-state index contributed by atoms with van der Waals surface area (Å²) in [6.07, 6.45) is 0.822. The van der Waals surface area contributed by atoms with E-state index in [1.807, 2.05) is 30.3 Å². The van der Waals surface area contributed by atoms with E-state index in [9.17, 15) is 29.6 Å². The number of aromatic hydroxyl groups is 1. The summed E-state index contributed by atoms with van der Waals surface area (Å²) in [7, 11) is 0. The van der Waals surface area contributed by atoms with Gasteiger partial charge in [0.05, 0.1) is 24.6 Å². The Morgan fingerprint density at radius 2 is 1.72 bits per heavy atom. The van der Waals surface area contributed by atoms with E-state index in [1.165, 1.54) is 33.0 Å². The zero-order valence-electron chi connectivity index (χ0n) is 23.4. The smallest absolute Gasteiger partial charge is 0.334 e. The molecule has 2 aliphatic rings. The highest BCUT2D eigenvalue weighted by Crippen LogP contribution is 2.31. The Kier molecular flexibility index (Phi) is 8.67. The first-order valence-corrected chi connectivity index (χ1v) is 13.8. The van der Waals surface area contributed by atoms with Gasteiger partial charge >= 0.3 is 6.03 Å². The van der Waals surface area contributed by atoms with Gasteiger partial charge in [0.15, 0.2) is 0 Å². The van der Waals surface area contributed by atoms with Crippen LogP contribution in [0.5, 0.6) is 5.75 Å². The number of phenols is 1. The van der Waals surface area contributed by atoms with Gasteiger partial charge in [-0.05, 0) is 23.3 Å². The molecule has 4 amide bonds. The molecule has 2 fully saturated rings. The van der Waals surface area contributed by atoms with Gasteiger partial charge in [-0.25, -0.2) is 14.8 Å². The SMILES string of the molecule is C=CCN1CC(=O)N2C(Cc3ccc(O)cc3)C(=O)N(Cc3ccccc3[N+](=O)[O-])CC2N1C(=O)NCc1ccccc1. The Labute approximate surface area is 248 Å². The van der Waals surface area contributed by atoms with Crippen molar-refractivity contribution < 1.29 is 24.4 Å². The number of carbonyl (C=O) groups excluding carboxylic acids is 3. The van der Waals surface area contributed by atoms with Crippen LogP contribution in [0.1, 0.15) is 16.7 Å². The lowest BCUT2D eigenvalue weighted by molar-refractivity contribution is -0.385. The number of carbonyl (C=O) groups is 3. The number of fused-ring (bicyclic) bond motifs is 1. The van der Waals surface area contributed by atoms with Crippen molar-refractivity contribution in [2.75, 3.05) is 19.6 Å². The lowest BCUT2D eigenvalue weighted by Gasteiger charge is -2.55. The molecular weight excluding hydrogens is 552 g/mol. The summed E-state index contributed by atoms with van der Waals surface area (Å²) in [5.74, 6) is -0.663. The number of nitrogens with one attached hydrogen (secondary N) is 1. The molecule has 0 aromatic heterocycles. The van der Waals surface area contributed by atoms with Gasteiger partial charge in [-0.1, -0.05) is 66.7 Å². The van der Waals surface area contributed by atoms with Crippen LogP contribution in [0, 0.1) is 10.1 Å². The molecule has 0 bridgehead atoms. The zero-order chi connectivity index (χ0) is 30.5. The number of hydrogen-bond donors (Lipinski definition) is 2. The molecule has 12 heteroatoms. The molecule has 2 atom stereocenters. The highest BCUT2D eigenvalue weighted by molar-refractivity contribution is 5.91. The Balaban J connectivity index is 1.52. The van der Waals surface area contributed by atoms with Gasteiger partial charge < -0.3 is 20.2 Å². The lowest BCUT2D eigenvalue weighted by atomic mass is 9.98. The van der Waals surface area contributed by atoms with Gasteiger partial charge in [-0.15, -0.1) is 6.58 Å². The van der Waals surface area contributed by atoms with Gasteiger partial charge in [-0.3, -0.25) is 19.7 Å². The third kappa shape index (κ3) is 6.33. The van der Waals surface area contributed by atoms with Crippen molar-refractivity contribution >= 4 is 23.5 Å². The zero-order valence-corrected chi connectivity index (χ0v) is 23.4. The number of piperazine rings is 1. The van der Waals surface area contributed by atoms with Gasteiger partial charge in [0.1, 0.15) is 18.0 Å². The second-order valence-corrected chi connectivity index (χ2v) is 10.4. The summed E-state index contributed by atoms with van der Waals surface area (Å²) in [4.78, 5) is 55.7. The minimum atomic E-state index is -0.992. The number of hydrazine groups is 1. The summed E-state index contributed by atoms with van der Waals surface area (Å²) in [6, 6.07) is 20.5. The Bertz CT molecular complexity index is 1510. The topological polar surface area (TPSA) is 140 Å². The van der Waals surface area contributed by atoms with Crippen molar-refractivity contribution in [3.63, 3.8) is 0 Å². The maximum Gasteiger partial charge on any atom is 0.334 e. The minimum absolute atomic E-state index is 0.0602. The number of nitro groups is 1. The van der Waals surface area contributed by atoms with Crippen molar-refractivity contribution in [1.82, 2.24) is 25.1 Å². The second kappa shape index (κ2) is 12.7. The van der Waals surface area contributed by atoms with Crippen LogP contribution in [0.2, 0.25) is 0 Å². The van der Waals surface area contributed by atoms with E-state index in [0.717, 1.165) is 5.56 Å². The molecule has 0 aliphatic carbocycles. The molecule has 2 aliphatic heterocycles. The average Bonchev–Trinajstić information content (AvgIpc) is 3.00. The standard InChI is InChI=1S/C31H32N6O6/c1-2-16-34-21-29(39)35-27(17-22-12-14-25(38)15-13-22)30(40)33(19-24-10-6-7-11-26(24)37(42)43)20-28(35)36(34)31(41)32-18-23-8-4-3-5-9-23/h2-15,27-28,38H,1,16-21H2,(H,32,41). The van der Waals surface area contributed by atoms with E-state index in [2.05, 4.69) is 11.9 Å². The molecule has 2 heterocycles. The molecule has 222 valence electrons. The molecule has 2 unspecified atom stereocenters. The molecule has 2 saturated heterocycles. The van der Waals surface area contributed by atoms with Crippen LogP contribution in [0.4, 0.5) is 10.5 Å². The minimum Gasteiger partial charge on any atom is -0.508 e. The predicted molar refractivity (Wildman–Crippen MR) is 157 cm³/mol. The Morgan fingerprint density at radius 1 is 1.02 bits per heavy atom. The van der Waals surface area contributed by atoms with Crippen molar-refractivity contribution in [2.24, 2.45) is 0 Å². The van der Waals surface area contributed by atoms with Crippen molar-refractivity contribution in [3.8, 4) is 5.75 Å². The first kappa shape index (κ1) is 29.3. The molecule has 0 saturated carbocycles. The van der Waals surface area contributed by atoms with E-state index < -0.39 is 29.1 Å². The first-order valence-electron chi connectivity index (χ1n) is 13.8. The summed E-state index contributed by atoms with van der Waals surface area (Å²) in [5, 5.41) is 27.5. The van der Waals surface area contributed by atoms with Gasteiger partial charge in [0.2, 0.25) is 11.8 Å². The predicted octanol–water partition coefficient (Wildman–Crippen LogP) is 3.04. The number of hydrogen-bond acceptors (Lipinski definition) is 7.